The Bertz CT molecular complexity index is 746. The van der Waals surface area contributed by atoms with Gasteiger partial charge in [-0.05, 0) is 49.4 Å². The van der Waals surface area contributed by atoms with Crippen molar-refractivity contribution >= 4 is 46.6 Å². The van der Waals surface area contributed by atoms with Gasteiger partial charge in [-0.2, -0.15) is 0 Å². The first kappa shape index (κ1) is 14.9. The highest BCUT2D eigenvalue weighted by molar-refractivity contribution is 8.00. The van der Waals surface area contributed by atoms with Gasteiger partial charge in [0.15, 0.2) is 0 Å². The number of fused-ring (bicyclic) bond motifs is 1. The number of amides is 2. The monoisotopic (exact) mass is 332 g/mol. The van der Waals surface area contributed by atoms with Crippen molar-refractivity contribution in [1.29, 1.82) is 0 Å². The van der Waals surface area contributed by atoms with E-state index in [0.717, 1.165) is 4.90 Å². The fraction of sp³-hybridized carbons (Fsp3) is 0.125. The number of benzene rings is 2. The zero-order valence-corrected chi connectivity index (χ0v) is 13.3. The lowest BCUT2D eigenvalue weighted by atomic mass is 10.1. The molecule has 0 saturated heterocycles. The highest BCUT2D eigenvalue weighted by Gasteiger charge is 2.23. The molecule has 0 saturated carbocycles. The molecule has 1 atom stereocenters. The van der Waals surface area contributed by atoms with Gasteiger partial charge >= 0.3 is 0 Å². The van der Waals surface area contributed by atoms with E-state index in [2.05, 4.69) is 10.6 Å². The highest BCUT2D eigenvalue weighted by atomic mass is 35.5. The molecule has 1 heterocycles. The van der Waals surface area contributed by atoms with E-state index in [4.69, 9.17) is 11.6 Å². The molecule has 0 radical (unpaired) electrons. The number of hydrogen-bond donors (Lipinski definition) is 2. The van der Waals surface area contributed by atoms with Crippen molar-refractivity contribution in [3.8, 4) is 0 Å². The molecule has 0 fully saturated rings. The van der Waals surface area contributed by atoms with Crippen molar-refractivity contribution in [3.63, 3.8) is 0 Å². The minimum absolute atomic E-state index is 0.0484. The molecule has 0 aliphatic carbocycles. The summed E-state index contributed by atoms with van der Waals surface area (Å²) in [6.07, 6.45) is 0. The third-order valence-electron chi connectivity index (χ3n) is 3.27. The van der Waals surface area contributed by atoms with Crippen LogP contribution in [0.5, 0.6) is 0 Å². The fourth-order valence-corrected chi connectivity index (χ4v) is 3.14. The second-order valence-corrected chi connectivity index (χ2v) is 6.74. The Kier molecular flexibility index (Phi) is 4.09. The largest absolute Gasteiger partial charge is 0.324 e. The molecule has 4 nitrogen and oxygen atoms in total. The maximum Gasteiger partial charge on any atom is 0.255 e. The Hall–Kier alpha value is -1.98. The van der Waals surface area contributed by atoms with Crippen LogP contribution in [0.15, 0.2) is 47.4 Å². The van der Waals surface area contributed by atoms with Gasteiger partial charge in [0.05, 0.1) is 10.9 Å². The topological polar surface area (TPSA) is 58.2 Å². The van der Waals surface area contributed by atoms with E-state index in [0.29, 0.717) is 22.0 Å². The molecule has 1 aliphatic rings. The first-order chi connectivity index (χ1) is 10.5. The summed E-state index contributed by atoms with van der Waals surface area (Å²) in [4.78, 5) is 25.0. The molecule has 0 aromatic heterocycles. The van der Waals surface area contributed by atoms with Gasteiger partial charge in [0.2, 0.25) is 5.91 Å². The molecule has 1 unspecified atom stereocenters. The number of hydrogen-bond acceptors (Lipinski definition) is 3. The fourth-order valence-electron chi connectivity index (χ4n) is 2.09. The van der Waals surface area contributed by atoms with Crippen LogP contribution in [0.2, 0.25) is 5.02 Å². The van der Waals surface area contributed by atoms with Crippen molar-refractivity contribution in [2.24, 2.45) is 0 Å². The maximum absolute atomic E-state index is 12.3. The van der Waals surface area contributed by atoms with Gasteiger partial charge in [0.1, 0.15) is 0 Å². The molecule has 2 amide bonds. The summed E-state index contributed by atoms with van der Waals surface area (Å²) >= 11 is 7.30. The summed E-state index contributed by atoms with van der Waals surface area (Å²) in [5.74, 6) is -0.282. The van der Waals surface area contributed by atoms with Crippen molar-refractivity contribution in [2.45, 2.75) is 17.1 Å². The average molecular weight is 333 g/mol. The number of halogens is 1. The number of rotatable bonds is 2. The molecule has 2 N–H and O–H groups in total. The van der Waals surface area contributed by atoms with E-state index in [-0.39, 0.29) is 17.1 Å². The Morgan fingerprint density at radius 1 is 1.23 bits per heavy atom. The van der Waals surface area contributed by atoms with Crippen molar-refractivity contribution < 1.29 is 9.59 Å². The zero-order chi connectivity index (χ0) is 15.7. The van der Waals surface area contributed by atoms with Gasteiger partial charge in [-0.25, -0.2) is 0 Å². The number of carbonyl (C=O) groups is 2. The van der Waals surface area contributed by atoms with Crippen molar-refractivity contribution in [3.05, 3.63) is 53.1 Å². The predicted octanol–water partition coefficient (Wildman–Crippen LogP) is 4.03. The predicted molar refractivity (Wildman–Crippen MR) is 89.8 cm³/mol. The van der Waals surface area contributed by atoms with Gasteiger partial charge in [0.25, 0.3) is 5.91 Å². The molecule has 1 aliphatic heterocycles. The normalized spacial score (nSPS) is 16.6. The summed E-state index contributed by atoms with van der Waals surface area (Å²) in [6, 6.07) is 12.2. The molecule has 0 bridgehead atoms. The van der Waals surface area contributed by atoms with Crippen LogP contribution < -0.4 is 10.6 Å². The van der Waals surface area contributed by atoms with E-state index >= 15 is 0 Å². The summed E-state index contributed by atoms with van der Waals surface area (Å²) < 4.78 is 0. The lowest BCUT2D eigenvalue weighted by Gasteiger charge is -2.21. The van der Waals surface area contributed by atoms with Gasteiger partial charge in [0, 0.05) is 21.2 Å². The summed E-state index contributed by atoms with van der Waals surface area (Å²) in [7, 11) is 0. The first-order valence-corrected chi connectivity index (χ1v) is 7.97. The minimum atomic E-state index is -0.233. The Balaban J connectivity index is 1.80. The Morgan fingerprint density at radius 2 is 1.95 bits per heavy atom. The summed E-state index contributed by atoms with van der Waals surface area (Å²) in [5, 5.41) is 6.10. The van der Waals surface area contributed by atoms with Crippen LogP contribution in [-0.2, 0) is 4.79 Å². The molecule has 3 rings (SSSR count). The van der Waals surface area contributed by atoms with Gasteiger partial charge in [-0.1, -0.05) is 11.6 Å². The lowest BCUT2D eigenvalue weighted by molar-refractivity contribution is -0.115. The third kappa shape index (κ3) is 3.10. The lowest BCUT2D eigenvalue weighted by Crippen LogP contribution is -2.26. The van der Waals surface area contributed by atoms with Crippen molar-refractivity contribution in [2.75, 3.05) is 10.6 Å². The molecule has 6 heteroatoms. The molecule has 22 heavy (non-hydrogen) atoms. The van der Waals surface area contributed by atoms with Crippen LogP contribution in [0.4, 0.5) is 11.4 Å². The molecular weight excluding hydrogens is 320 g/mol. The SMILES string of the molecule is CC1Sc2ccc(C(=O)Nc3ccc(Cl)cc3)cc2NC1=O. The van der Waals surface area contributed by atoms with E-state index in [1.165, 1.54) is 11.8 Å². The number of carbonyl (C=O) groups excluding carboxylic acids is 2. The standard InChI is InChI=1S/C16H13ClN2O2S/c1-9-15(20)19-13-8-10(2-7-14(13)22-9)16(21)18-12-5-3-11(17)4-6-12/h2-9H,1H3,(H,18,21)(H,19,20). The quantitative estimate of drug-likeness (QED) is 0.873. The molecule has 2 aromatic rings. The maximum atomic E-state index is 12.3. The second-order valence-electron chi connectivity index (χ2n) is 4.92. The number of nitrogens with one attached hydrogen (secondary N) is 2. The summed E-state index contributed by atoms with van der Waals surface area (Å²) in [5.41, 5.74) is 1.83. The van der Waals surface area contributed by atoms with Crippen LogP contribution in [0.3, 0.4) is 0 Å². The number of thioether (sulfide) groups is 1. The smallest absolute Gasteiger partial charge is 0.255 e. The van der Waals surface area contributed by atoms with Crippen molar-refractivity contribution in [1.82, 2.24) is 0 Å². The third-order valence-corrected chi connectivity index (χ3v) is 4.70. The van der Waals surface area contributed by atoms with E-state index < -0.39 is 0 Å². The molecule has 0 spiro atoms. The van der Waals surface area contributed by atoms with Gasteiger partial charge in [-0.3, -0.25) is 9.59 Å². The molecule has 112 valence electrons. The van der Waals surface area contributed by atoms with Crippen LogP contribution in [-0.4, -0.2) is 17.1 Å². The first-order valence-electron chi connectivity index (χ1n) is 6.71. The van der Waals surface area contributed by atoms with Gasteiger partial charge < -0.3 is 10.6 Å². The van der Waals surface area contributed by atoms with Gasteiger partial charge in [-0.15, -0.1) is 11.8 Å². The average Bonchev–Trinajstić information content (AvgIpc) is 2.50. The van der Waals surface area contributed by atoms with Crippen LogP contribution in [0.25, 0.3) is 0 Å². The van der Waals surface area contributed by atoms with Crippen LogP contribution in [0, 0.1) is 0 Å². The Labute approximate surface area is 137 Å². The van der Waals surface area contributed by atoms with E-state index in [9.17, 15) is 9.59 Å². The molecular formula is C16H13ClN2O2S. The highest BCUT2D eigenvalue weighted by Crippen LogP contribution is 2.36. The van der Waals surface area contributed by atoms with Crippen LogP contribution in [0.1, 0.15) is 17.3 Å². The summed E-state index contributed by atoms with van der Waals surface area (Å²) in [6.45, 7) is 1.85. The zero-order valence-electron chi connectivity index (χ0n) is 11.7. The van der Waals surface area contributed by atoms with E-state index in [1.54, 1.807) is 36.4 Å². The second kappa shape index (κ2) is 6.02. The Morgan fingerprint density at radius 3 is 2.68 bits per heavy atom. The minimum Gasteiger partial charge on any atom is -0.324 e. The van der Waals surface area contributed by atoms with Crippen LogP contribution >= 0.6 is 23.4 Å². The van der Waals surface area contributed by atoms with E-state index in [1.807, 2.05) is 13.0 Å². The number of anilines is 2. The molecule has 2 aromatic carbocycles.